The van der Waals surface area contributed by atoms with Crippen LogP contribution in [0.1, 0.15) is 19.8 Å². The van der Waals surface area contributed by atoms with E-state index >= 15 is 0 Å². The zero-order valence-electron chi connectivity index (χ0n) is 8.82. The van der Waals surface area contributed by atoms with Crippen molar-refractivity contribution >= 4 is 28.3 Å². The van der Waals surface area contributed by atoms with Crippen LogP contribution in [-0.2, 0) is 0 Å². The van der Waals surface area contributed by atoms with E-state index in [1.807, 2.05) is 4.90 Å². The number of thioether (sulfide) groups is 1. The van der Waals surface area contributed by atoms with Gasteiger partial charge in [0.05, 0.1) is 6.07 Å². The molecule has 82 valence electrons. The molecule has 2 N–H and O–H groups in total. The third-order valence-electron chi connectivity index (χ3n) is 2.33. The molecule has 0 radical (unpaired) electrons. The SMILES string of the molecule is C=C(CCC(C)(N)C#N)N1CCSC1=S. The Morgan fingerprint density at radius 2 is 2.53 bits per heavy atom. The van der Waals surface area contributed by atoms with Gasteiger partial charge in [0.15, 0.2) is 0 Å². The quantitative estimate of drug-likeness (QED) is 0.761. The molecule has 5 heteroatoms. The fraction of sp³-hybridized carbons (Fsp3) is 0.600. The van der Waals surface area contributed by atoms with E-state index in [0.717, 1.165) is 28.7 Å². The van der Waals surface area contributed by atoms with E-state index in [0.29, 0.717) is 6.42 Å². The molecule has 1 heterocycles. The Hall–Kier alpha value is -0.570. The molecule has 0 saturated carbocycles. The molecule has 0 amide bonds. The van der Waals surface area contributed by atoms with E-state index in [9.17, 15) is 0 Å². The number of allylic oxidation sites excluding steroid dienone is 1. The van der Waals surface area contributed by atoms with Crippen LogP contribution in [0, 0.1) is 11.3 Å². The number of nitriles is 1. The number of nitrogens with zero attached hydrogens (tertiary/aromatic N) is 2. The van der Waals surface area contributed by atoms with Gasteiger partial charge in [0.1, 0.15) is 9.86 Å². The first-order chi connectivity index (χ1) is 6.96. The van der Waals surface area contributed by atoms with Gasteiger partial charge in [0, 0.05) is 18.0 Å². The lowest BCUT2D eigenvalue weighted by Gasteiger charge is -2.22. The molecule has 1 rings (SSSR count). The molecule has 0 aromatic heterocycles. The predicted octanol–water partition coefficient (Wildman–Crippen LogP) is 1.85. The second-order valence-electron chi connectivity index (χ2n) is 3.86. The Bertz CT molecular complexity index is 317. The van der Waals surface area contributed by atoms with Gasteiger partial charge in [0.2, 0.25) is 0 Å². The first-order valence-corrected chi connectivity index (χ1v) is 6.18. The van der Waals surface area contributed by atoms with Crippen molar-refractivity contribution in [3.05, 3.63) is 12.3 Å². The highest BCUT2D eigenvalue weighted by molar-refractivity contribution is 8.23. The minimum absolute atomic E-state index is 0.617. The van der Waals surface area contributed by atoms with E-state index in [-0.39, 0.29) is 0 Å². The molecule has 0 spiro atoms. The van der Waals surface area contributed by atoms with Crippen molar-refractivity contribution in [2.45, 2.75) is 25.3 Å². The summed E-state index contributed by atoms with van der Waals surface area (Å²) in [5, 5.41) is 8.78. The Morgan fingerprint density at radius 3 is 3.00 bits per heavy atom. The summed E-state index contributed by atoms with van der Waals surface area (Å²) in [6.45, 7) is 6.64. The maximum atomic E-state index is 8.78. The molecule has 0 aromatic rings. The lowest BCUT2D eigenvalue weighted by Crippen LogP contribution is -2.35. The highest BCUT2D eigenvalue weighted by Gasteiger charge is 2.23. The molecule has 3 nitrogen and oxygen atoms in total. The third kappa shape index (κ3) is 3.49. The fourth-order valence-electron chi connectivity index (χ4n) is 1.28. The number of hydrogen-bond donors (Lipinski definition) is 1. The average Bonchev–Trinajstić information content (AvgIpc) is 2.61. The molecule has 1 atom stereocenters. The van der Waals surface area contributed by atoms with Crippen molar-refractivity contribution < 1.29 is 0 Å². The minimum Gasteiger partial charge on any atom is -0.331 e. The Labute approximate surface area is 100 Å². The van der Waals surface area contributed by atoms with E-state index in [1.54, 1.807) is 18.7 Å². The second kappa shape index (κ2) is 4.97. The first kappa shape index (κ1) is 12.5. The lowest BCUT2D eigenvalue weighted by atomic mass is 9.98. The summed E-state index contributed by atoms with van der Waals surface area (Å²) in [6, 6.07) is 2.08. The molecule has 1 aliphatic heterocycles. The summed E-state index contributed by atoms with van der Waals surface area (Å²) in [4.78, 5) is 2.04. The number of nitrogens with two attached hydrogens (primary N) is 1. The summed E-state index contributed by atoms with van der Waals surface area (Å²) in [5.41, 5.74) is 5.94. The van der Waals surface area contributed by atoms with Crippen LogP contribution in [0.2, 0.25) is 0 Å². The molecule has 0 aliphatic carbocycles. The van der Waals surface area contributed by atoms with Crippen LogP contribution in [0.3, 0.4) is 0 Å². The first-order valence-electron chi connectivity index (χ1n) is 4.78. The van der Waals surface area contributed by atoms with Crippen molar-refractivity contribution in [2.75, 3.05) is 12.3 Å². The Kier molecular flexibility index (Phi) is 4.14. The zero-order chi connectivity index (χ0) is 11.5. The summed E-state index contributed by atoms with van der Waals surface area (Å²) in [5.74, 6) is 1.02. The maximum absolute atomic E-state index is 8.78. The standard InChI is InChI=1S/C10H15N3S2/c1-8(3-4-10(2,12)7-11)13-5-6-15-9(13)14/h1,3-6,12H2,2H3. The molecule has 15 heavy (non-hydrogen) atoms. The zero-order valence-corrected chi connectivity index (χ0v) is 10.5. The molecule has 0 aromatic carbocycles. The highest BCUT2D eigenvalue weighted by atomic mass is 32.2. The van der Waals surface area contributed by atoms with Crippen molar-refractivity contribution in [2.24, 2.45) is 5.73 Å². The topological polar surface area (TPSA) is 53.1 Å². The summed E-state index contributed by atoms with van der Waals surface area (Å²) < 4.78 is 0.885. The van der Waals surface area contributed by atoms with Crippen LogP contribution >= 0.6 is 24.0 Å². The average molecular weight is 241 g/mol. The van der Waals surface area contributed by atoms with E-state index < -0.39 is 5.54 Å². The van der Waals surface area contributed by atoms with Crippen LogP contribution in [0.4, 0.5) is 0 Å². The lowest BCUT2D eigenvalue weighted by molar-refractivity contribution is 0.485. The molecule has 1 unspecified atom stereocenters. The van der Waals surface area contributed by atoms with Gasteiger partial charge in [-0.1, -0.05) is 30.6 Å². The van der Waals surface area contributed by atoms with Gasteiger partial charge in [-0.05, 0) is 19.8 Å². The molecule has 1 saturated heterocycles. The summed E-state index contributed by atoms with van der Waals surface area (Å²) >= 11 is 6.86. The van der Waals surface area contributed by atoms with E-state index in [1.165, 1.54) is 0 Å². The number of thiocarbonyl (C=S) groups is 1. The number of hydrogen-bond acceptors (Lipinski definition) is 4. The van der Waals surface area contributed by atoms with E-state index in [2.05, 4.69) is 12.6 Å². The van der Waals surface area contributed by atoms with Crippen LogP contribution in [0.25, 0.3) is 0 Å². The second-order valence-corrected chi connectivity index (χ2v) is 5.59. The van der Waals surface area contributed by atoms with Crippen LogP contribution in [0.15, 0.2) is 12.3 Å². The molecular formula is C10H15N3S2. The van der Waals surface area contributed by atoms with Crippen LogP contribution in [0.5, 0.6) is 0 Å². The predicted molar refractivity (Wildman–Crippen MR) is 68.3 cm³/mol. The Morgan fingerprint density at radius 1 is 1.87 bits per heavy atom. The van der Waals surface area contributed by atoms with Gasteiger partial charge in [-0.3, -0.25) is 0 Å². The van der Waals surface area contributed by atoms with Gasteiger partial charge in [-0.25, -0.2) is 0 Å². The van der Waals surface area contributed by atoms with Gasteiger partial charge in [0.25, 0.3) is 0 Å². The fourth-order valence-corrected chi connectivity index (χ4v) is 2.57. The molecule has 1 fully saturated rings. The van der Waals surface area contributed by atoms with Crippen LogP contribution in [-0.4, -0.2) is 27.1 Å². The largest absolute Gasteiger partial charge is 0.331 e. The number of rotatable bonds is 4. The van der Waals surface area contributed by atoms with Gasteiger partial charge in [-0.15, -0.1) is 0 Å². The molecule has 1 aliphatic rings. The van der Waals surface area contributed by atoms with Gasteiger partial charge < -0.3 is 10.6 Å². The van der Waals surface area contributed by atoms with E-state index in [4.69, 9.17) is 23.2 Å². The minimum atomic E-state index is -0.766. The highest BCUT2D eigenvalue weighted by Crippen LogP contribution is 2.25. The summed E-state index contributed by atoms with van der Waals surface area (Å²) in [6.07, 6.45) is 1.34. The summed E-state index contributed by atoms with van der Waals surface area (Å²) in [7, 11) is 0. The van der Waals surface area contributed by atoms with Gasteiger partial charge >= 0.3 is 0 Å². The van der Waals surface area contributed by atoms with Crippen molar-refractivity contribution in [1.82, 2.24) is 4.90 Å². The van der Waals surface area contributed by atoms with Crippen molar-refractivity contribution in [3.8, 4) is 6.07 Å². The Balaban J connectivity index is 2.44. The maximum Gasteiger partial charge on any atom is 0.140 e. The van der Waals surface area contributed by atoms with Crippen LogP contribution < -0.4 is 5.73 Å². The normalized spacial score (nSPS) is 19.8. The smallest absolute Gasteiger partial charge is 0.140 e. The molecule has 0 bridgehead atoms. The monoisotopic (exact) mass is 241 g/mol. The van der Waals surface area contributed by atoms with Crippen molar-refractivity contribution in [1.29, 1.82) is 5.26 Å². The third-order valence-corrected chi connectivity index (χ3v) is 3.76. The van der Waals surface area contributed by atoms with Gasteiger partial charge in [-0.2, -0.15) is 5.26 Å². The molecular weight excluding hydrogens is 226 g/mol. The van der Waals surface area contributed by atoms with Crippen molar-refractivity contribution in [3.63, 3.8) is 0 Å².